The van der Waals surface area contributed by atoms with Crippen LogP contribution in [0.2, 0.25) is 0 Å². The number of thiophene rings is 1. The molecule has 0 spiro atoms. The fraction of sp³-hybridized carbons (Fsp3) is 0.400. The van der Waals surface area contributed by atoms with Gasteiger partial charge in [-0.2, -0.15) is 0 Å². The van der Waals surface area contributed by atoms with Crippen molar-refractivity contribution in [3.63, 3.8) is 0 Å². The van der Waals surface area contributed by atoms with Crippen LogP contribution in [-0.2, 0) is 17.9 Å². The fourth-order valence-electron chi connectivity index (χ4n) is 3.04. The molecule has 0 aliphatic carbocycles. The van der Waals surface area contributed by atoms with Gasteiger partial charge in [0.1, 0.15) is 6.04 Å². The molecule has 138 valence electrons. The largest absolute Gasteiger partial charge is 0.350 e. The van der Waals surface area contributed by atoms with Crippen molar-refractivity contribution in [2.24, 2.45) is 0 Å². The van der Waals surface area contributed by atoms with Gasteiger partial charge in [-0.3, -0.25) is 14.5 Å². The van der Waals surface area contributed by atoms with Crippen LogP contribution in [0.3, 0.4) is 0 Å². The first-order valence-corrected chi connectivity index (χ1v) is 9.92. The zero-order valence-electron chi connectivity index (χ0n) is 15.0. The maximum atomic E-state index is 12.2. The molecule has 26 heavy (non-hydrogen) atoms. The molecule has 2 N–H and O–H groups in total. The molecule has 1 atom stereocenters. The Morgan fingerprint density at radius 1 is 1.12 bits per heavy atom. The van der Waals surface area contributed by atoms with Crippen LogP contribution in [-0.4, -0.2) is 35.8 Å². The van der Waals surface area contributed by atoms with E-state index in [-0.39, 0.29) is 11.8 Å². The summed E-state index contributed by atoms with van der Waals surface area (Å²) < 4.78 is 0. The van der Waals surface area contributed by atoms with E-state index in [1.54, 1.807) is 13.0 Å². The third kappa shape index (κ3) is 5.16. The minimum Gasteiger partial charge on any atom is -0.350 e. The second-order valence-electron chi connectivity index (χ2n) is 6.69. The first-order valence-electron chi connectivity index (χ1n) is 9.04. The maximum absolute atomic E-state index is 12.2. The highest BCUT2D eigenvalue weighted by Crippen LogP contribution is 2.13. The van der Waals surface area contributed by atoms with Crippen molar-refractivity contribution in [1.82, 2.24) is 15.5 Å². The Bertz CT molecular complexity index is 722. The molecule has 0 unspecified atom stereocenters. The van der Waals surface area contributed by atoms with Gasteiger partial charge in [-0.15, -0.1) is 11.3 Å². The first-order chi connectivity index (χ1) is 12.6. The van der Waals surface area contributed by atoms with Crippen molar-refractivity contribution in [3.05, 3.63) is 57.8 Å². The number of amides is 2. The molecule has 2 heterocycles. The van der Waals surface area contributed by atoms with Crippen molar-refractivity contribution in [1.29, 1.82) is 0 Å². The van der Waals surface area contributed by atoms with Crippen molar-refractivity contribution in [2.45, 2.75) is 38.9 Å². The van der Waals surface area contributed by atoms with Gasteiger partial charge in [0.2, 0.25) is 5.91 Å². The highest BCUT2D eigenvalue weighted by Gasteiger charge is 2.17. The standard InChI is InChI=1S/C20H25N3O2S/c1-15(22-20(25)18-5-4-12-26-18)19(24)21-13-16-6-8-17(9-7-16)14-23-10-2-3-11-23/h4-9,12,15H,2-3,10-11,13-14H2,1H3,(H,21,24)(H,22,25)/t15-/m1/s1. The molecule has 1 aliphatic heterocycles. The summed E-state index contributed by atoms with van der Waals surface area (Å²) in [5.74, 6) is -0.398. The Labute approximate surface area is 158 Å². The zero-order valence-corrected chi connectivity index (χ0v) is 15.8. The van der Waals surface area contributed by atoms with Crippen LogP contribution in [0, 0.1) is 0 Å². The smallest absolute Gasteiger partial charge is 0.261 e. The molecule has 1 aromatic heterocycles. The molecule has 2 aromatic rings. The summed E-state index contributed by atoms with van der Waals surface area (Å²) >= 11 is 1.36. The van der Waals surface area contributed by atoms with Crippen LogP contribution in [0.4, 0.5) is 0 Å². The third-order valence-electron chi connectivity index (χ3n) is 4.58. The number of nitrogens with zero attached hydrogens (tertiary/aromatic N) is 1. The van der Waals surface area contributed by atoms with Crippen LogP contribution in [0.25, 0.3) is 0 Å². The minimum atomic E-state index is -0.570. The van der Waals surface area contributed by atoms with Gasteiger partial charge in [0, 0.05) is 13.1 Å². The molecule has 3 rings (SSSR count). The maximum Gasteiger partial charge on any atom is 0.261 e. The second kappa shape index (κ2) is 8.96. The average Bonchev–Trinajstić information content (AvgIpc) is 3.34. The predicted molar refractivity (Wildman–Crippen MR) is 104 cm³/mol. The summed E-state index contributed by atoms with van der Waals surface area (Å²) in [6, 6.07) is 11.4. The molecule has 6 heteroatoms. The summed E-state index contributed by atoms with van der Waals surface area (Å²) in [5.41, 5.74) is 2.36. The van der Waals surface area contributed by atoms with Crippen LogP contribution in [0.15, 0.2) is 41.8 Å². The number of nitrogens with one attached hydrogen (secondary N) is 2. The predicted octanol–water partition coefficient (Wildman–Crippen LogP) is 2.78. The Kier molecular flexibility index (Phi) is 6.41. The molecule has 0 radical (unpaired) electrons. The van der Waals surface area contributed by atoms with Crippen LogP contribution in [0.1, 0.15) is 40.6 Å². The van der Waals surface area contributed by atoms with Crippen molar-refractivity contribution in [2.75, 3.05) is 13.1 Å². The lowest BCUT2D eigenvalue weighted by Gasteiger charge is -2.15. The molecule has 1 fully saturated rings. The summed E-state index contributed by atoms with van der Waals surface area (Å²) in [4.78, 5) is 27.3. The van der Waals surface area contributed by atoms with E-state index in [2.05, 4.69) is 39.8 Å². The Morgan fingerprint density at radius 2 is 1.81 bits per heavy atom. The van der Waals surface area contributed by atoms with E-state index in [1.165, 1.54) is 42.8 Å². The first kappa shape index (κ1) is 18.6. The SMILES string of the molecule is C[C@@H](NC(=O)c1cccs1)C(=O)NCc1ccc(CN2CCCC2)cc1. The van der Waals surface area contributed by atoms with Gasteiger partial charge in [0.25, 0.3) is 5.91 Å². The topological polar surface area (TPSA) is 61.4 Å². The molecular formula is C20H25N3O2S. The van der Waals surface area contributed by atoms with Gasteiger partial charge in [0.05, 0.1) is 4.88 Å². The summed E-state index contributed by atoms with van der Waals surface area (Å²) in [6.07, 6.45) is 2.59. The number of carbonyl (C=O) groups is 2. The molecule has 1 aliphatic rings. The molecule has 1 aromatic carbocycles. The number of rotatable bonds is 7. The number of carbonyl (C=O) groups excluding carboxylic acids is 2. The van der Waals surface area contributed by atoms with E-state index in [9.17, 15) is 9.59 Å². The Hall–Kier alpha value is -2.18. The van der Waals surface area contributed by atoms with Gasteiger partial charge in [-0.05, 0) is 55.4 Å². The van der Waals surface area contributed by atoms with Gasteiger partial charge < -0.3 is 10.6 Å². The molecule has 5 nitrogen and oxygen atoms in total. The van der Waals surface area contributed by atoms with E-state index in [1.807, 2.05) is 11.4 Å². The van der Waals surface area contributed by atoms with Gasteiger partial charge in [-0.25, -0.2) is 0 Å². The van der Waals surface area contributed by atoms with E-state index in [0.29, 0.717) is 11.4 Å². The fourth-order valence-corrected chi connectivity index (χ4v) is 3.67. The molecule has 2 amide bonds. The van der Waals surface area contributed by atoms with Gasteiger partial charge >= 0.3 is 0 Å². The lowest BCUT2D eigenvalue weighted by Crippen LogP contribution is -2.44. The van der Waals surface area contributed by atoms with Crippen LogP contribution >= 0.6 is 11.3 Å². The van der Waals surface area contributed by atoms with E-state index < -0.39 is 6.04 Å². The summed E-state index contributed by atoms with van der Waals surface area (Å²) in [7, 11) is 0. The van der Waals surface area contributed by atoms with E-state index in [0.717, 1.165) is 12.1 Å². The normalized spacial score (nSPS) is 15.6. The average molecular weight is 372 g/mol. The molecule has 1 saturated heterocycles. The lowest BCUT2D eigenvalue weighted by molar-refractivity contribution is -0.122. The number of benzene rings is 1. The number of likely N-dealkylation sites (tertiary alicyclic amines) is 1. The minimum absolute atomic E-state index is 0.184. The van der Waals surface area contributed by atoms with Crippen molar-refractivity contribution >= 4 is 23.2 Å². The van der Waals surface area contributed by atoms with Gasteiger partial charge in [0.15, 0.2) is 0 Å². The second-order valence-corrected chi connectivity index (χ2v) is 7.64. The molecule has 0 bridgehead atoms. The monoisotopic (exact) mass is 371 g/mol. The third-order valence-corrected chi connectivity index (χ3v) is 5.45. The van der Waals surface area contributed by atoms with E-state index in [4.69, 9.17) is 0 Å². The van der Waals surface area contributed by atoms with Crippen LogP contribution in [0.5, 0.6) is 0 Å². The number of hydrogen-bond donors (Lipinski definition) is 2. The summed E-state index contributed by atoms with van der Waals surface area (Å²) in [6.45, 7) is 5.53. The summed E-state index contributed by atoms with van der Waals surface area (Å²) in [5, 5.41) is 7.44. The molecular weight excluding hydrogens is 346 g/mol. The lowest BCUT2D eigenvalue weighted by atomic mass is 10.1. The zero-order chi connectivity index (χ0) is 18.4. The van der Waals surface area contributed by atoms with Crippen LogP contribution < -0.4 is 10.6 Å². The highest BCUT2D eigenvalue weighted by molar-refractivity contribution is 7.12. The van der Waals surface area contributed by atoms with Crippen molar-refractivity contribution < 1.29 is 9.59 Å². The quantitative estimate of drug-likeness (QED) is 0.787. The Balaban J connectivity index is 1.43. The van der Waals surface area contributed by atoms with E-state index >= 15 is 0 Å². The van der Waals surface area contributed by atoms with Gasteiger partial charge in [-0.1, -0.05) is 30.3 Å². The molecule has 0 saturated carbocycles. The Morgan fingerprint density at radius 3 is 2.46 bits per heavy atom. The van der Waals surface area contributed by atoms with Crippen molar-refractivity contribution in [3.8, 4) is 0 Å². The number of hydrogen-bond acceptors (Lipinski definition) is 4. The highest BCUT2D eigenvalue weighted by atomic mass is 32.1.